The monoisotopic (exact) mass is 433 g/mol. The van der Waals surface area contributed by atoms with Gasteiger partial charge < -0.3 is 14.5 Å². The van der Waals surface area contributed by atoms with E-state index in [4.69, 9.17) is 4.74 Å². The number of fused-ring (bicyclic) bond motifs is 2. The van der Waals surface area contributed by atoms with Crippen molar-refractivity contribution in [3.63, 3.8) is 0 Å². The van der Waals surface area contributed by atoms with Gasteiger partial charge in [-0.3, -0.25) is 14.5 Å². The van der Waals surface area contributed by atoms with Crippen molar-refractivity contribution in [1.29, 1.82) is 0 Å². The first-order valence-corrected chi connectivity index (χ1v) is 11.2. The highest BCUT2D eigenvalue weighted by atomic mass is 16.6. The van der Waals surface area contributed by atoms with Gasteiger partial charge in [-0.25, -0.2) is 4.79 Å². The van der Waals surface area contributed by atoms with Gasteiger partial charge in [0.15, 0.2) is 0 Å². The summed E-state index contributed by atoms with van der Waals surface area (Å²) in [5.74, 6) is 0.0300. The maximum atomic E-state index is 13.5. The Balaban J connectivity index is 1.30. The molecular formula is C25H27N3O4. The molecular weight excluding hydrogens is 406 g/mol. The average Bonchev–Trinajstić information content (AvgIpc) is 3.37. The van der Waals surface area contributed by atoms with Gasteiger partial charge in [0.1, 0.15) is 6.61 Å². The van der Waals surface area contributed by atoms with E-state index in [9.17, 15) is 14.4 Å². The predicted octanol–water partition coefficient (Wildman–Crippen LogP) is 3.55. The summed E-state index contributed by atoms with van der Waals surface area (Å²) in [6, 6.07) is 16.9. The summed E-state index contributed by atoms with van der Waals surface area (Å²) < 4.78 is 5.03. The topological polar surface area (TPSA) is 70.2 Å². The molecule has 1 unspecified atom stereocenters. The number of ether oxygens (including phenoxy) is 1. The van der Waals surface area contributed by atoms with Crippen molar-refractivity contribution in [2.24, 2.45) is 0 Å². The lowest BCUT2D eigenvalue weighted by Gasteiger charge is -2.42. The molecule has 2 aromatic rings. The standard InChI is InChI=1S/C25H27N3O4/c1-26(23(29)17-6-3-2-4-7-17)22-15-20-10-11-21(16-22)28(20)24(30)18-8-5-9-19(14-18)27-12-13-32-25(27)31/h2-9,14,20-22H,10-13,15-16H2,1H3/t20-,21+,22?. The lowest BCUT2D eigenvalue weighted by Crippen LogP contribution is -2.52. The van der Waals surface area contributed by atoms with E-state index in [1.165, 1.54) is 0 Å². The van der Waals surface area contributed by atoms with Crippen molar-refractivity contribution in [2.75, 3.05) is 25.1 Å². The van der Waals surface area contributed by atoms with Crippen LogP contribution in [0.1, 0.15) is 46.4 Å². The van der Waals surface area contributed by atoms with E-state index in [2.05, 4.69) is 0 Å². The van der Waals surface area contributed by atoms with Crippen LogP contribution in [0.3, 0.4) is 0 Å². The third-order valence-electron chi connectivity index (χ3n) is 7.00. The van der Waals surface area contributed by atoms with Crippen LogP contribution >= 0.6 is 0 Å². The molecule has 3 heterocycles. The van der Waals surface area contributed by atoms with Crippen molar-refractivity contribution < 1.29 is 19.1 Å². The van der Waals surface area contributed by atoms with Gasteiger partial charge in [0.25, 0.3) is 11.8 Å². The van der Waals surface area contributed by atoms with Crippen LogP contribution in [0.4, 0.5) is 10.5 Å². The largest absolute Gasteiger partial charge is 0.447 e. The highest BCUT2D eigenvalue weighted by Gasteiger charge is 2.45. The number of piperidine rings is 1. The second kappa shape index (κ2) is 8.30. The van der Waals surface area contributed by atoms with Gasteiger partial charge in [0.05, 0.1) is 6.54 Å². The molecule has 7 heteroatoms. The summed E-state index contributed by atoms with van der Waals surface area (Å²) in [7, 11) is 1.87. The van der Waals surface area contributed by atoms with E-state index >= 15 is 0 Å². The molecule has 5 rings (SSSR count). The van der Waals surface area contributed by atoms with E-state index in [0.717, 1.165) is 25.7 Å². The Bertz CT molecular complexity index is 1030. The molecule has 0 saturated carbocycles. The van der Waals surface area contributed by atoms with Crippen LogP contribution < -0.4 is 4.90 Å². The van der Waals surface area contributed by atoms with Crippen LogP contribution in [0.25, 0.3) is 0 Å². The number of carbonyl (C=O) groups is 3. The van der Waals surface area contributed by atoms with Crippen molar-refractivity contribution in [1.82, 2.24) is 9.80 Å². The Morgan fingerprint density at radius 2 is 1.66 bits per heavy atom. The molecule has 32 heavy (non-hydrogen) atoms. The molecule has 3 aliphatic heterocycles. The number of cyclic esters (lactones) is 1. The van der Waals surface area contributed by atoms with Gasteiger partial charge in [0.2, 0.25) is 0 Å². The summed E-state index contributed by atoms with van der Waals surface area (Å²) >= 11 is 0. The maximum Gasteiger partial charge on any atom is 0.414 e. The molecule has 0 spiro atoms. The minimum atomic E-state index is -0.374. The highest BCUT2D eigenvalue weighted by molar-refractivity contribution is 5.98. The number of carbonyl (C=O) groups excluding carboxylic acids is 3. The number of hydrogen-bond donors (Lipinski definition) is 0. The minimum absolute atomic E-state index is 0.00223. The van der Waals surface area contributed by atoms with Gasteiger partial charge >= 0.3 is 6.09 Å². The molecule has 0 aromatic heterocycles. The van der Waals surface area contributed by atoms with Gasteiger partial charge in [-0.15, -0.1) is 0 Å². The van der Waals surface area contributed by atoms with Crippen LogP contribution in [-0.4, -0.2) is 66.0 Å². The Hall–Kier alpha value is -3.35. The summed E-state index contributed by atoms with van der Waals surface area (Å²) in [5, 5.41) is 0. The van der Waals surface area contributed by atoms with Gasteiger partial charge in [-0.05, 0) is 56.0 Å². The fourth-order valence-electron chi connectivity index (χ4n) is 5.33. The Morgan fingerprint density at radius 3 is 2.31 bits per heavy atom. The molecule has 7 nitrogen and oxygen atoms in total. The van der Waals surface area contributed by atoms with Crippen molar-refractivity contribution in [3.8, 4) is 0 Å². The summed E-state index contributed by atoms with van der Waals surface area (Å²) in [5.41, 5.74) is 1.97. The van der Waals surface area contributed by atoms with Gasteiger partial charge in [0, 0.05) is 42.0 Å². The lowest BCUT2D eigenvalue weighted by molar-refractivity contribution is 0.0407. The van der Waals surface area contributed by atoms with Crippen molar-refractivity contribution in [3.05, 3.63) is 65.7 Å². The molecule has 3 aliphatic rings. The zero-order valence-corrected chi connectivity index (χ0v) is 18.1. The van der Waals surface area contributed by atoms with E-state index in [-0.39, 0.29) is 36.0 Å². The number of amides is 3. The molecule has 0 aliphatic carbocycles. The average molecular weight is 434 g/mol. The molecule has 0 N–H and O–H groups in total. The van der Waals surface area contributed by atoms with E-state index in [0.29, 0.717) is 30.0 Å². The van der Waals surface area contributed by atoms with Crippen molar-refractivity contribution >= 4 is 23.6 Å². The molecule has 2 bridgehead atoms. The van der Waals surface area contributed by atoms with E-state index < -0.39 is 0 Å². The zero-order valence-electron chi connectivity index (χ0n) is 18.1. The van der Waals surface area contributed by atoms with Crippen LogP contribution in [-0.2, 0) is 4.74 Å². The van der Waals surface area contributed by atoms with Crippen LogP contribution in [0.15, 0.2) is 54.6 Å². The number of nitrogens with zero attached hydrogens (tertiary/aromatic N) is 3. The number of benzene rings is 2. The summed E-state index contributed by atoms with van der Waals surface area (Å²) in [4.78, 5) is 43.7. The first-order valence-electron chi connectivity index (χ1n) is 11.2. The van der Waals surface area contributed by atoms with Crippen LogP contribution in [0.2, 0.25) is 0 Å². The fraction of sp³-hybridized carbons (Fsp3) is 0.400. The molecule has 3 fully saturated rings. The van der Waals surface area contributed by atoms with Gasteiger partial charge in [-0.2, -0.15) is 0 Å². The third kappa shape index (κ3) is 3.61. The molecule has 0 radical (unpaired) electrons. The van der Waals surface area contributed by atoms with E-state index in [1.807, 2.05) is 65.4 Å². The fourth-order valence-corrected chi connectivity index (χ4v) is 5.33. The Kier molecular flexibility index (Phi) is 5.33. The second-order valence-corrected chi connectivity index (χ2v) is 8.82. The highest BCUT2D eigenvalue weighted by Crippen LogP contribution is 2.39. The molecule has 166 valence electrons. The Morgan fingerprint density at radius 1 is 0.969 bits per heavy atom. The predicted molar refractivity (Wildman–Crippen MR) is 120 cm³/mol. The molecule has 2 aromatic carbocycles. The quantitative estimate of drug-likeness (QED) is 0.739. The number of anilines is 1. The minimum Gasteiger partial charge on any atom is -0.447 e. The first kappa shape index (κ1) is 20.5. The summed E-state index contributed by atoms with van der Waals surface area (Å²) in [6.45, 7) is 0.860. The maximum absolute atomic E-state index is 13.5. The van der Waals surface area contributed by atoms with Gasteiger partial charge in [-0.1, -0.05) is 24.3 Å². The zero-order chi connectivity index (χ0) is 22.2. The molecule has 3 amide bonds. The van der Waals surface area contributed by atoms with Crippen LogP contribution in [0.5, 0.6) is 0 Å². The normalized spacial score (nSPS) is 24.4. The Labute approximate surface area is 187 Å². The first-order chi connectivity index (χ1) is 15.5. The lowest BCUT2D eigenvalue weighted by atomic mass is 9.94. The van der Waals surface area contributed by atoms with Crippen molar-refractivity contribution in [2.45, 2.75) is 43.8 Å². The summed E-state index contributed by atoms with van der Waals surface area (Å²) in [6.07, 6.45) is 3.11. The second-order valence-electron chi connectivity index (χ2n) is 8.82. The SMILES string of the molecule is CN(C(=O)c1ccccc1)C1C[C@H]2CC[C@@H](C1)N2C(=O)c1cccc(N2CCOC2=O)c1. The third-order valence-corrected chi connectivity index (χ3v) is 7.00. The van der Waals surface area contributed by atoms with E-state index in [1.54, 1.807) is 11.0 Å². The number of rotatable bonds is 4. The smallest absolute Gasteiger partial charge is 0.414 e. The molecule has 3 saturated heterocycles. The van der Waals surface area contributed by atoms with Crippen LogP contribution in [0, 0.1) is 0 Å². The number of hydrogen-bond acceptors (Lipinski definition) is 4. The molecule has 3 atom stereocenters.